The minimum atomic E-state index is -3.06. The third-order valence-electron chi connectivity index (χ3n) is 4.75. The van der Waals surface area contributed by atoms with Gasteiger partial charge in [0.1, 0.15) is 5.82 Å². The Morgan fingerprint density at radius 3 is 2.50 bits per heavy atom. The second-order valence-electron chi connectivity index (χ2n) is 6.27. The topological polar surface area (TPSA) is 54.4 Å². The molecule has 0 spiro atoms. The van der Waals surface area contributed by atoms with Crippen LogP contribution in [0.25, 0.3) is 0 Å². The smallest absolute Gasteiger partial charge is 0.156 e. The van der Waals surface area contributed by atoms with Crippen molar-refractivity contribution in [1.82, 2.24) is 0 Å². The van der Waals surface area contributed by atoms with Gasteiger partial charge in [0.25, 0.3) is 0 Å². The fraction of sp³-hybridized carbons (Fsp3) is 0.600. The second kappa shape index (κ2) is 4.53. The predicted molar refractivity (Wildman–Crippen MR) is 74.8 cm³/mol. The molecular weight excluding hydrogens is 279 g/mol. The van der Waals surface area contributed by atoms with E-state index in [1.54, 1.807) is 25.1 Å². The summed E-state index contributed by atoms with van der Waals surface area (Å²) in [5, 5.41) is 9.83. The lowest BCUT2D eigenvalue weighted by atomic mass is 9.86. The average molecular weight is 298 g/mol. The lowest BCUT2D eigenvalue weighted by Crippen LogP contribution is -2.46. The van der Waals surface area contributed by atoms with Gasteiger partial charge in [-0.2, -0.15) is 0 Å². The van der Waals surface area contributed by atoms with E-state index in [0.717, 1.165) is 0 Å². The first-order chi connectivity index (χ1) is 9.32. The van der Waals surface area contributed by atoms with Crippen LogP contribution in [0, 0.1) is 12.7 Å². The molecule has 0 aliphatic carbocycles. The highest BCUT2D eigenvalue weighted by Crippen LogP contribution is 2.44. The Bertz CT molecular complexity index is 619. The van der Waals surface area contributed by atoms with Gasteiger partial charge in [0, 0.05) is 6.42 Å². The zero-order chi connectivity index (χ0) is 14.5. The molecule has 1 N–H and O–H groups in total. The molecule has 110 valence electrons. The number of rotatable bonds is 2. The molecule has 20 heavy (non-hydrogen) atoms. The van der Waals surface area contributed by atoms with E-state index >= 15 is 0 Å². The van der Waals surface area contributed by atoms with E-state index < -0.39 is 25.9 Å². The first-order valence-electron chi connectivity index (χ1n) is 7.01. The molecule has 0 radical (unpaired) electrons. The van der Waals surface area contributed by atoms with Gasteiger partial charge in [-0.25, -0.2) is 12.8 Å². The Morgan fingerprint density at radius 1 is 1.30 bits per heavy atom. The summed E-state index contributed by atoms with van der Waals surface area (Å²) >= 11 is 0. The van der Waals surface area contributed by atoms with Crippen molar-refractivity contribution in [3.8, 4) is 0 Å². The van der Waals surface area contributed by atoms with E-state index in [0.29, 0.717) is 24.0 Å². The fourth-order valence-electron chi connectivity index (χ4n) is 3.68. The molecule has 2 aliphatic heterocycles. The SMILES string of the molecule is Cc1cccc(CC2(O)CC3CCC(C2)S3(=O)=O)c1F. The zero-order valence-electron chi connectivity index (χ0n) is 11.5. The molecule has 2 heterocycles. The quantitative estimate of drug-likeness (QED) is 0.910. The van der Waals surface area contributed by atoms with Crippen molar-refractivity contribution in [1.29, 1.82) is 0 Å². The van der Waals surface area contributed by atoms with Crippen LogP contribution in [0.5, 0.6) is 0 Å². The molecule has 0 aromatic heterocycles. The van der Waals surface area contributed by atoms with Crippen molar-refractivity contribution in [2.45, 2.75) is 55.1 Å². The molecule has 2 unspecified atom stereocenters. The third kappa shape index (κ3) is 2.17. The number of hydrogen-bond donors (Lipinski definition) is 1. The van der Waals surface area contributed by atoms with Crippen molar-refractivity contribution in [3.05, 3.63) is 35.1 Å². The summed E-state index contributed by atoms with van der Waals surface area (Å²) in [5.41, 5.74) is -0.0603. The van der Waals surface area contributed by atoms with E-state index in [1.807, 2.05) is 0 Å². The lowest BCUT2D eigenvalue weighted by Gasteiger charge is -2.36. The molecule has 3 rings (SSSR count). The van der Waals surface area contributed by atoms with Gasteiger partial charge in [0.05, 0.1) is 16.1 Å². The van der Waals surface area contributed by atoms with Crippen molar-refractivity contribution < 1.29 is 17.9 Å². The maximum Gasteiger partial charge on any atom is 0.156 e. The van der Waals surface area contributed by atoms with Gasteiger partial charge < -0.3 is 5.11 Å². The Labute approximate surface area is 118 Å². The van der Waals surface area contributed by atoms with Gasteiger partial charge in [-0.05, 0) is 43.7 Å². The fourth-order valence-corrected chi connectivity index (χ4v) is 6.24. The molecular formula is C15H19FO3S. The van der Waals surface area contributed by atoms with Crippen LogP contribution in [0.1, 0.15) is 36.8 Å². The van der Waals surface area contributed by atoms with Crippen LogP contribution < -0.4 is 0 Å². The Morgan fingerprint density at radius 2 is 1.90 bits per heavy atom. The van der Waals surface area contributed by atoms with Crippen molar-refractivity contribution in [2.24, 2.45) is 0 Å². The van der Waals surface area contributed by atoms with E-state index in [-0.39, 0.29) is 25.1 Å². The minimum Gasteiger partial charge on any atom is -0.389 e. The summed E-state index contributed by atoms with van der Waals surface area (Å²) in [6.45, 7) is 1.69. The molecule has 1 aromatic rings. The van der Waals surface area contributed by atoms with Crippen LogP contribution >= 0.6 is 0 Å². The monoisotopic (exact) mass is 298 g/mol. The van der Waals surface area contributed by atoms with Crippen molar-refractivity contribution in [2.75, 3.05) is 0 Å². The minimum absolute atomic E-state index is 0.197. The number of sulfone groups is 1. The third-order valence-corrected chi connectivity index (χ3v) is 7.41. The molecule has 0 saturated carbocycles. The second-order valence-corrected chi connectivity index (χ2v) is 8.78. The van der Waals surface area contributed by atoms with Crippen LogP contribution in [0.2, 0.25) is 0 Å². The van der Waals surface area contributed by atoms with Crippen LogP contribution in [-0.2, 0) is 16.3 Å². The summed E-state index contributed by atoms with van der Waals surface area (Å²) in [6, 6.07) is 5.13. The molecule has 3 nitrogen and oxygen atoms in total. The molecule has 2 aliphatic rings. The molecule has 2 fully saturated rings. The van der Waals surface area contributed by atoms with Gasteiger partial charge >= 0.3 is 0 Å². The van der Waals surface area contributed by atoms with Gasteiger partial charge in [0.15, 0.2) is 9.84 Å². The Balaban J connectivity index is 1.87. The Kier molecular flexibility index (Phi) is 3.18. The van der Waals surface area contributed by atoms with E-state index in [2.05, 4.69) is 0 Å². The van der Waals surface area contributed by atoms with Gasteiger partial charge in [0.2, 0.25) is 0 Å². The number of aryl methyl sites for hydroxylation is 1. The highest BCUT2D eigenvalue weighted by Gasteiger charge is 2.52. The summed E-state index contributed by atoms with van der Waals surface area (Å²) in [4.78, 5) is 0. The largest absolute Gasteiger partial charge is 0.389 e. The molecule has 5 heteroatoms. The summed E-state index contributed by atoms with van der Waals surface area (Å²) in [6.07, 6.45) is 1.93. The van der Waals surface area contributed by atoms with E-state index in [4.69, 9.17) is 0 Å². The first-order valence-corrected chi connectivity index (χ1v) is 8.62. The summed E-state index contributed by atoms with van der Waals surface area (Å²) in [5.74, 6) is -0.290. The summed E-state index contributed by atoms with van der Waals surface area (Å²) < 4.78 is 38.2. The normalized spacial score (nSPS) is 35.1. The molecule has 1 aromatic carbocycles. The van der Waals surface area contributed by atoms with E-state index in [9.17, 15) is 17.9 Å². The standard InChI is InChI=1S/C15H19FO3S/c1-10-3-2-4-11(14(10)16)7-15(17)8-12-5-6-13(9-15)20(12,18)19/h2-4,12-13,17H,5-9H2,1H3. The van der Waals surface area contributed by atoms with Crippen LogP contribution in [0.15, 0.2) is 18.2 Å². The number of hydrogen-bond acceptors (Lipinski definition) is 3. The van der Waals surface area contributed by atoms with Crippen LogP contribution in [-0.4, -0.2) is 29.6 Å². The van der Waals surface area contributed by atoms with Crippen molar-refractivity contribution >= 4 is 9.84 Å². The van der Waals surface area contributed by atoms with Crippen LogP contribution in [0.4, 0.5) is 4.39 Å². The number of benzene rings is 1. The van der Waals surface area contributed by atoms with Gasteiger partial charge in [-0.15, -0.1) is 0 Å². The average Bonchev–Trinajstić information content (AvgIpc) is 2.55. The molecule has 2 saturated heterocycles. The number of aliphatic hydroxyl groups is 1. The highest BCUT2D eigenvalue weighted by molar-refractivity contribution is 7.93. The summed E-state index contributed by atoms with van der Waals surface area (Å²) in [7, 11) is -3.06. The van der Waals surface area contributed by atoms with Crippen molar-refractivity contribution in [3.63, 3.8) is 0 Å². The maximum absolute atomic E-state index is 14.1. The first kappa shape index (κ1) is 14.0. The van der Waals surface area contributed by atoms with E-state index in [1.165, 1.54) is 0 Å². The zero-order valence-corrected chi connectivity index (χ0v) is 12.3. The molecule has 0 amide bonds. The molecule has 2 bridgehead atoms. The lowest BCUT2D eigenvalue weighted by molar-refractivity contribution is 0.0211. The van der Waals surface area contributed by atoms with Crippen LogP contribution in [0.3, 0.4) is 0 Å². The number of halogens is 1. The predicted octanol–water partition coefficient (Wildman–Crippen LogP) is 2.15. The van der Waals surface area contributed by atoms with Gasteiger partial charge in [-0.1, -0.05) is 18.2 Å². The Hall–Kier alpha value is -0.940. The highest BCUT2D eigenvalue weighted by atomic mass is 32.2. The maximum atomic E-state index is 14.1. The number of fused-ring (bicyclic) bond motifs is 2. The molecule has 2 atom stereocenters. The van der Waals surface area contributed by atoms with Gasteiger partial charge in [-0.3, -0.25) is 0 Å².